The molecule has 0 aromatic heterocycles. The molecule has 0 aliphatic heterocycles. The summed E-state index contributed by atoms with van der Waals surface area (Å²) in [6.07, 6.45) is 0. The summed E-state index contributed by atoms with van der Waals surface area (Å²) in [5, 5.41) is 2.09. The van der Waals surface area contributed by atoms with Gasteiger partial charge in [0.25, 0.3) is 7.59 Å². The van der Waals surface area contributed by atoms with E-state index in [2.05, 4.69) is 17.3 Å². The lowest BCUT2D eigenvalue weighted by molar-refractivity contribution is 0.574. The molecule has 0 heterocycles. The third-order valence-electron chi connectivity index (χ3n) is 0.254. The van der Waals surface area contributed by atoms with Crippen molar-refractivity contribution in [2.24, 2.45) is 11.0 Å². The Morgan fingerprint density at radius 1 is 1.71 bits per heavy atom. The van der Waals surface area contributed by atoms with Gasteiger partial charge in [0.1, 0.15) is 0 Å². The summed E-state index contributed by atoms with van der Waals surface area (Å²) in [5.41, 5.74) is 10.6. The molecule has 0 unspecified atom stereocenters. The first-order chi connectivity index (χ1) is 3.06. The Bertz CT molecular complexity index is 108. The van der Waals surface area contributed by atoms with E-state index in [4.69, 9.17) is 11.0 Å². The lowest BCUT2D eigenvalue weighted by Gasteiger charge is -2.00. The molecule has 0 saturated carbocycles. The van der Waals surface area contributed by atoms with Crippen LogP contribution >= 0.6 is 19.8 Å². The number of thiocarbonyl (C=S) groups is 1. The zero-order valence-corrected chi connectivity index (χ0v) is 5.21. The third kappa shape index (κ3) is 6.04. The first kappa shape index (κ1) is 7.04. The second-order valence-electron chi connectivity index (χ2n) is 0.956. The fourth-order valence-corrected chi connectivity index (χ4v) is 0.741. The van der Waals surface area contributed by atoms with Crippen LogP contribution in [0.25, 0.3) is 0 Å². The second kappa shape index (κ2) is 2.37. The molecular weight excluding hydrogens is 133 g/mol. The molecule has 0 spiro atoms. The summed E-state index contributed by atoms with van der Waals surface area (Å²) in [6.45, 7) is 0. The Morgan fingerprint density at radius 3 is 2.14 bits per heavy atom. The molecule has 0 aromatic rings. The average Bonchev–Trinajstić information content (AvgIpc) is 1.30. The Labute approximate surface area is 46.8 Å². The Hall–Kier alpha value is 0.0400. The van der Waals surface area contributed by atoms with E-state index >= 15 is 0 Å². The highest BCUT2D eigenvalue weighted by Gasteiger charge is 2.00. The summed E-state index contributed by atoms with van der Waals surface area (Å²) >= 11 is 4.23. The minimum atomic E-state index is -3.08. The van der Waals surface area contributed by atoms with Gasteiger partial charge in [-0.15, -0.1) is 0 Å². The molecule has 5 N–H and O–H groups in total. The van der Waals surface area contributed by atoms with Gasteiger partial charge in [0.15, 0.2) is 0 Å². The van der Waals surface area contributed by atoms with Gasteiger partial charge in [-0.25, -0.2) is 0 Å². The fourth-order valence-electron chi connectivity index (χ4n) is 0.0824. The number of hydrogen-bond donors (Lipinski definition) is 3. The molecule has 0 aliphatic carbocycles. The van der Waals surface area contributed by atoms with Crippen LogP contribution in [-0.2, 0) is 4.57 Å². The maximum atomic E-state index is 10.2. The molecule has 6 heteroatoms. The molecule has 0 aliphatic rings. The van der Waals surface area contributed by atoms with Gasteiger partial charge in [0.2, 0.25) is 0 Å². The van der Waals surface area contributed by atoms with E-state index < -0.39 is 7.59 Å². The summed E-state index contributed by atoms with van der Waals surface area (Å²) in [7, 11) is -3.08. The van der Waals surface area contributed by atoms with Crippen LogP contribution in [0.2, 0.25) is 0 Å². The Kier molecular flexibility index (Phi) is 2.39. The third-order valence-corrected chi connectivity index (χ3v) is 1.08. The van der Waals surface area contributed by atoms with Gasteiger partial charge < -0.3 is 5.09 Å². The summed E-state index contributed by atoms with van der Waals surface area (Å²) < 4.78 is 10.2. The molecule has 0 aromatic carbocycles. The quantitative estimate of drug-likeness (QED) is 0.357. The molecule has 7 heavy (non-hydrogen) atoms. The van der Waals surface area contributed by atoms with E-state index in [1.807, 2.05) is 0 Å². The Balaban J connectivity index is 3.57. The van der Waals surface area contributed by atoms with Gasteiger partial charge in [-0.05, 0) is 0 Å². The van der Waals surface area contributed by atoms with Crippen molar-refractivity contribution in [3.63, 3.8) is 0 Å². The van der Waals surface area contributed by atoms with Crippen molar-refractivity contribution in [1.82, 2.24) is 5.09 Å². The largest absolute Gasteiger partial charge is 0.310 e. The molecule has 0 bridgehead atoms. The van der Waals surface area contributed by atoms with E-state index in [0.717, 1.165) is 5.49 Å². The lowest BCUT2D eigenvalue weighted by Crippen LogP contribution is -2.19. The predicted molar refractivity (Wildman–Crippen MR) is 32.8 cm³/mol. The van der Waals surface area contributed by atoms with Crippen molar-refractivity contribution in [1.29, 1.82) is 0 Å². The zero-order valence-electron chi connectivity index (χ0n) is 3.50. The molecule has 4 nitrogen and oxygen atoms in total. The molecule has 0 atom stereocenters. The molecule has 0 saturated heterocycles. The van der Waals surface area contributed by atoms with Crippen molar-refractivity contribution in [2.45, 2.75) is 0 Å². The average molecular weight is 139 g/mol. The van der Waals surface area contributed by atoms with Crippen molar-refractivity contribution in [3.05, 3.63) is 0 Å². The van der Waals surface area contributed by atoms with E-state index in [9.17, 15) is 4.57 Å². The SMILES string of the molecule is NP(N)(=O)NC=S. The van der Waals surface area contributed by atoms with Gasteiger partial charge in [0, 0.05) is 0 Å². The van der Waals surface area contributed by atoms with Gasteiger partial charge >= 0.3 is 0 Å². The van der Waals surface area contributed by atoms with Crippen LogP contribution < -0.4 is 16.1 Å². The second-order valence-corrected chi connectivity index (χ2v) is 2.87. The van der Waals surface area contributed by atoms with Crippen molar-refractivity contribution in [3.8, 4) is 0 Å². The smallest absolute Gasteiger partial charge is 0.298 e. The number of nitrogens with two attached hydrogens (primary N) is 2. The van der Waals surface area contributed by atoms with Crippen LogP contribution in [0.3, 0.4) is 0 Å². The van der Waals surface area contributed by atoms with Crippen LogP contribution in [0.15, 0.2) is 0 Å². The zero-order chi connectivity index (χ0) is 5.91. The highest BCUT2D eigenvalue weighted by Crippen LogP contribution is 2.14. The monoisotopic (exact) mass is 139 g/mol. The normalized spacial score (nSPS) is 10.6. The molecule has 0 amide bonds. The first-order valence-corrected chi connectivity index (χ1v) is 3.76. The molecule has 0 fully saturated rings. The number of hydrogen-bond acceptors (Lipinski definition) is 2. The molecule has 0 rings (SSSR count). The highest BCUT2D eigenvalue weighted by molar-refractivity contribution is 7.79. The van der Waals surface area contributed by atoms with Gasteiger partial charge in [0.05, 0.1) is 5.49 Å². The lowest BCUT2D eigenvalue weighted by atomic mass is 11.6. The summed E-state index contributed by atoms with van der Waals surface area (Å²) in [4.78, 5) is 0. The molecular formula is CH6N3OPS. The van der Waals surface area contributed by atoms with E-state index in [1.54, 1.807) is 0 Å². The maximum absolute atomic E-state index is 10.2. The van der Waals surface area contributed by atoms with Gasteiger partial charge in [-0.3, -0.25) is 15.6 Å². The Morgan fingerprint density at radius 2 is 2.14 bits per heavy atom. The van der Waals surface area contributed by atoms with Crippen molar-refractivity contribution < 1.29 is 4.57 Å². The van der Waals surface area contributed by atoms with Crippen LogP contribution in [0.1, 0.15) is 0 Å². The van der Waals surface area contributed by atoms with E-state index in [1.165, 1.54) is 0 Å². The van der Waals surface area contributed by atoms with Gasteiger partial charge in [-0.1, -0.05) is 12.2 Å². The predicted octanol–water partition coefficient (Wildman–Crippen LogP) is -0.441. The van der Waals surface area contributed by atoms with Gasteiger partial charge in [-0.2, -0.15) is 0 Å². The van der Waals surface area contributed by atoms with Crippen LogP contribution in [0.5, 0.6) is 0 Å². The number of rotatable bonds is 2. The molecule has 0 radical (unpaired) electrons. The minimum absolute atomic E-state index is 1.03. The van der Waals surface area contributed by atoms with Crippen LogP contribution in [0.4, 0.5) is 0 Å². The summed E-state index contributed by atoms with van der Waals surface area (Å²) in [6, 6.07) is 0. The summed E-state index contributed by atoms with van der Waals surface area (Å²) in [5.74, 6) is 0. The first-order valence-electron chi connectivity index (χ1n) is 1.45. The van der Waals surface area contributed by atoms with Crippen LogP contribution in [-0.4, -0.2) is 5.49 Å². The van der Waals surface area contributed by atoms with E-state index in [0.29, 0.717) is 0 Å². The fraction of sp³-hybridized carbons (Fsp3) is 0. The van der Waals surface area contributed by atoms with E-state index in [-0.39, 0.29) is 0 Å². The van der Waals surface area contributed by atoms with Crippen molar-refractivity contribution >= 4 is 25.3 Å². The highest BCUT2D eigenvalue weighted by atomic mass is 32.1. The topological polar surface area (TPSA) is 81.1 Å². The maximum Gasteiger partial charge on any atom is 0.298 e. The van der Waals surface area contributed by atoms with Crippen LogP contribution in [0, 0.1) is 0 Å². The minimum Gasteiger partial charge on any atom is -0.310 e. The standard InChI is InChI=1S/CH6N3OPS/c2-6(3,5)4-1-7/h1H,(H5,2,3,4,5,7). The molecule has 42 valence electrons. The number of nitrogens with one attached hydrogen (secondary N) is 1. The van der Waals surface area contributed by atoms with Crippen molar-refractivity contribution in [2.75, 3.05) is 0 Å².